The zero-order valence-corrected chi connectivity index (χ0v) is 25.7. The molecule has 212 valence electrons. The minimum Gasteiger partial charge on any atom is -0.494 e. The van der Waals surface area contributed by atoms with Gasteiger partial charge in [0.25, 0.3) is 0 Å². The monoisotopic (exact) mass is 576 g/mol. The molecule has 0 saturated heterocycles. The van der Waals surface area contributed by atoms with Crippen LogP contribution in [-0.2, 0) is 6.17 Å². The number of ether oxygens (including phenoxy) is 1. The molecular formula is C38H37BN2OSi. The molecule has 0 radical (unpaired) electrons. The summed E-state index contributed by atoms with van der Waals surface area (Å²) in [6.07, 6.45) is 5.99. The third kappa shape index (κ3) is 6.28. The maximum absolute atomic E-state index is 5.99. The molecule has 0 amide bonds. The fraction of sp³-hybridized carbons (Fsp3) is 0.132. The molecule has 1 aromatic heterocycles. The van der Waals surface area contributed by atoms with E-state index in [1.165, 1.54) is 26.7 Å². The molecule has 0 bridgehead atoms. The van der Waals surface area contributed by atoms with Crippen molar-refractivity contribution in [2.24, 2.45) is 0 Å². The first kappa shape index (κ1) is 28.5. The van der Waals surface area contributed by atoms with Gasteiger partial charge in [-0.25, -0.2) is 0 Å². The Morgan fingerprint density at radius 2 is 1.14 bits per heavy atom. The van der Waals surface area contributed by atoms with E-state index in [0.29, 0.717) is 0 Å². The fourth-order valence-corrected chi connectivity index (χ4v) is 10.8. The Hall–Kier alpha value is -4.61. The maximum Gasteiger partial charge on any atom is 0.217 e. The highest BCUT2D eigenvalue weighted by Gasteiger charge is 2.40. The van der Waals surface area contributed by atoms with E-state index in [0.717, 1.165) is 37.9 Å². The minimum atomic E-state index is -2.56. The molecule has 0 unspecified atom stereocenters. The molecule has 0 aliphatic rings. The molecular weight excluding hydrogens is 539 g/mol. The highest BCUT2D eigenvalue weighted by atomic mass is 28.3. The topological polar surface area (TPSA) is 27.1 Å². The zero-order chi connectivity index (χ0) is 29.3. The molecule has 0 atom stereocenters. The van der Waals surface area contributed by atoms with Crippen LogP contribution in [0.3, 0.4) is 0 Å². The van der Waals surface area contributed by atoms with Crippen LogP contribution < -0.4 is 26.0 Å². The molecule has 0 N–H and O–H groups in total. The van der Waals surface area contributed by atoms with Crippen molar-refractivity contribution >= 4 is 36.6 Å². The largest absolute Gasteiger partial charge is 0.494 e. The first-order valence-corrected chi connectivity index (χ1v) is 17.4. The van der Waals surface area contributed by atoms with E-state index in [1.54, 1.807) is 0 Å². The summed E-state index contributed by atoms with van der Waals surface area (Å²) in [7, 11) is -1.74. The van der Waals surface area contributed by atoms with Crippen LogP contribution in [0.4, 0.5) is 0 Å². The summed E-state index contributed by atoms with van der Waals surface area (Å²) in [5.74, 6) is 1.13. The van der Waals surface area contributed by atoms with Gasteiger partial charge in [0.15, 0.2) is 8.07 Å². The van der Waals surface area contributed by atoms with E-state index < -0.39 is 8.07 Å². The van der Waals surface area contributed by atoms with E-state index >= 15 is 0 Å². The normalized spacial score (nSPS) is 11.4. The first-order chi connectivity index (χ1) is 21.3. The van der Waals surface area contributed by atoms with Gasteiger partial charge in [0.05, 0.1) is 12.3 Å². The molecule has 5 aromatic carbocycles. The standard InChI is InChI=1S/C38H37BN2OSi/c1-2-29-42-33-23-25-36(26-24-33)43(34-19-11-5-12-20-34,35-21-13-6-14-22-35)30-41-28-27-40-38(41)39-37(31-15-7-3-8-16-31)32-17-9-4-10-18-32/h3-28,37,39H,2,29-30H2,1H3. The molecule has 6 rings (SSSR count). The minimum absolute atomic E-state index is 0.211. The summed E-state index contributed by atoms with van der Waals surface area (Å²) in [5.41, 5.74) is 3.71. The van der Waals surface area contributed by atoms with Gasteiger partial charge in [0.1, 0.15) is 5.75 Å². The summed E-state index contributed by atoms with van der Waals surface area (Å²) in [5, 5.41) is 4.12. The number of benzene rings is 5. The van der Waals surface area contributed by atoms with Crippen LogP contribution in [0.25, 0.3) is 0 Å². The second-order valence-corrected chi connectivity index (χ2v) is 14.9. The lowest BCUT2D eigenvalue weighted by molar-refractivity contribution is 0.317. The Bertz CT molecular complexity index is 1610. The van der Waals surface area contributed by atoms with Crippen molar-refractivity contribution in [3.8, 4) is 5.75 Å². The lowest BCUT2D eigenvalue weighted by atomic mass is 9.58. The number of aromatic nitrogens is 2. The third-order valence-electron chi connectivity index (χ3n) is 8.35. The van der Waals surface area contributed by atoms with Crippen molar-refractivity contribution in [3.63, 3.8) is 0 Å². The maximum atomic E-state index is 5.99. The van der Waals surface area contributed by atoms with E-state index in [1.807, 2.05) is 6.20 Å². The Labute approximate surface area is 257 Å². The molecule has 0 aliphatic carbocycles. The Morgan fingerprint density at radius 3 is 1.65 bits per heavy atom. The molecule has 1 heterocycles. The predicted octanol–water partition coefficient (Wildman–Crippen LogP) is 5.23. The van der Waals surface area contributed by atoms with Gasteiger partial charge in [-0.3, -0.25) is 4.98 Å². The van der Waals surface area contributed by atoms with Crippen molar-refractivity contribution in [2.45, 2.75) is 25.3 Å². The van der Waals surface area contributed by atoms with Crippen LogP contribution in [0.1, 0.15) is 30.3 Å². The van der Waals surface area contributed by atoms with Crippen LogP contribution >= 0.6 is 0 Å². The van der Waals surface area contributed by atoms with Gasteiger partial charge in [0, 0.05) is 18.6 Å². The average molecular weight is 577 g/mol. The Morgan fingerprint density at radius 1 is 0.651 bits per heavy atom. The van der Waals surface area contributed by atoms with Gasteiger partial charge in [-0.1, -0.05) is 140 Å². The van der Waals surface area contributed by atoms with Crippen LogP contribution in [0.5, 0.6) is 5.75 Å². The first-order valence-electron chi connectivity index (χ1n) is 15.2. The van der Waals surface area contributed by atoms with E-state index in [2.05, 4.69) is 163 Å². The van der Waals surface area contributed by atoms with Crippen molar-refractivity contribution in [1.82, 2.24) is 9.55 Å². The predicted molar refractivity (Wildman–Crippen MR) is 184 cm³/mol. The molecule has 0 fully saturated rings. The smallest absolute Gasteiger partial charge is 0.217 e. The van der Waals surface area contributed by atoms with Gasteiger partial charge in [-0.15, -0.1) is 0 Å². The lowest BCUT2D eigenvalue weighted by Gasteiger charge is -2.35. The highest BCUT2D eigenvalue weighted by Crippen LogP contribution is 2.23. The van der Waals surface area contributed by atoms with Gasteiger partial charge in [0.2, 0.25) is 7.28 Å². The van der Waals surface area contributed by atoms with Crippen molar-refractivity contribution in [2.75, 3.05) is 6.61 Å². The van der Waals surface area contributed by atoms with Crippen LogP contribution in [0, 0.1) is 0 Å². The SMILES string of the molecule is CCCOc1ccc([Si](Cn2ccnc2BC(c2ccccc2)c2ccccc2)(c2ccccc2)c2ccccc2)cc1. The summed E-state index contributed by atoms with van der Waals surface area (Å²) in [6.45, 7) is 2.86. The second-order valence-electron chi connectivity index (χ2n) is 11.1. The van der Waals surface area contributed by atoms with Crippen LogP contribution in [0.2, 0.25) is 0 Å². The molecule has 0 saturated carbocycles. The van der Waals surface area contributed by atoms with Gasteiger partial charge in [-0.05, 0) is 51.1 Å². The Kier molecular flexibility index (Phi) is 9.00. The van der Waals surface area contributed by atoms with E-state index in [4.69, 9.17) is 9.72 Å². The summed E-state index contributed by atoms with van der Waals surface area (Å²) >= 11 is 0. The molecule has 5 heteroatoms. The van der Waals surface area contributed by atoms with Crippen molar-refractivity contribution < 1.29 is 4.74 Å². The van der Waals surface area contributed by atoms with Gasteiger partial charge in [-0.2, -0.15) is 0 Å². The number of hydrogen-bond acceptors (Lipinski definition) is 2. The number of rotatable bonds is 12. The molecule has 0 aliphatic heterocycles. The van der Waals surface area contributed by atoms with Gasteiger partial charge < -0.3 is 9.30 Å². The zero-order valence-electron chi connectivity index (χ0n) is 24.7. The fourth-order valence-electron chi connectivity index (χ4n) is 6.19. The van der Waals surface area contributed by atoms with E-state index in [-0.39, 0.29) is 5.82 Å². The van der Waals surface area contributed by atoms with Gasteiger partial charge >= 0.3 is 0 Å². The summed E-state index contributed by atoms with van der Waals surface area (Å²) < 4.78 is 8.41. The van der Waals surface area contributed by atoms with Crippen LogP contribution in [-0.4, -0.2) is 31.5 Å². The number of hydrogen-bond donors (Lipinski definition) is 0. The molecule has 6 aromatic rings. The summed E-state index contributed by atoms with van der Waals surface area (Å²) in [4.78, 5) is 4.99. The Balaban J connectivity index is 1.46. The van der Waals surface area contributed by atoms with Crippen molar-refractivity contribution in [1.29, 1.82) is 0 Å². The third-order valence-corrected chi connectivity index (χ3v) is 13.1. The number of nitrogens with zero attached hydrogens (tertiary/aromatic N) is 2. The second kappa shape index (κ2) is 13.6. The van der Waals surface area contributed by atoms with Crippen molar-refractivity contribution in [3.05, 3.63) is 169 Å². The molecule has 43 heavy (non-hydrogen) atoms. The molecule has 3 nitrogen and oxygen atoms in total. The number of imidazole rings is 1. The summed E-state index contributed by atoms with van der Waals surface area (Å²) in [6, 6.07) is 52.7. The van der Waals surface area contributed by atoms with E-state index in [9.17, 15) is 0 Å². The quantitative estimate of drug-likeness (QED) is 0.147. The molecule has 0 spiro atoms. The van der Waals surface area contributed by atoms with Crippen LogP contribution in [0.15, 0.2) is 158 Å². The average Bonchev–Trinajstić information content (AvgIpc) is 3.53. The lowest BCUT2D eigenvalue weighted by Crippen LogP contribution is -2.70. The highest BCUT2D eigenvalue weighted by molar-refractivity contribution is 7.10.